The van der Waals surface area contributed by atoms with Crippen LogP contribution in [0.4, 0.5) is 0 Å². The minimum atomic E-state index is -0.567. The molecule has 29 heavy (non-hydrogen) atoms. The van der Waals surface area contributed by atoms with E-state index in [1.807, 2.05) is 13.8 Å². The molecule has 0 aliphatic heterocycles. The van der Waals surface area contributed by atoms with Crippen molar-refractivity contribution in [2.75, 3.05) is 20.3 Å². The summed E-state index contributed by atoms with van der Waals surface area (Å²) in [7, 11) is 1.45. The lowest BCUT2D eigenvalue weighted by Crippen LogP contribution is -2.43. The normalized spacial score (nSPS) is 10.2. The number of methoxy groups -OCH3 is 1. The Labute approximate surface area is 179 Å². The number of hydrogen-bond donors (Lipinski definition) is 2. The number of carbonyl (C=O) groups is 2. The molecule has 2 rings (SSSR count). The van der Waals surface area contributed by atoms with Crippen molar-refractivity contribution in [2.45, 2.75) is 20.3 Å². The Hall–Kier alpha value is -2.64. The molecule has 0 bridgehead atoms. The molecular formula is C20H22Cl2N2O5. The van der Waals surface area contributed by atoms with Gasteiger partial charge in [-0.25, -0.2) is 0 Å². The molecule has 0 aliphatic rings. The number of benzene rings is 2. The molecular weight excluding hydrogens is 419 g/mol. The number of nitrogens with one attached hydrogen (secondary N) is 2. The van der Waals surface area contributed by atoms with E-state index in [1.165, 1.54) is 19.2 Å². The zero-order valence-corrected chi connectivity index (χ0v) is 17.8. The molecule has 2 aromatic carbocycles. The Balaban J connectivity index is 1.93. The lowest BCUT2D eigenvalue weighted by Gasteiger charge is -2.14. The van der Waals surface area contributed by atoms with Crippen molar-refractivity contribution in [3.8, 4) is 17.2 Å². The van der Waals surface area contributed by atoms with Crippen LogP contribution >= 0.6 is 23.2 Å². The fourth-order valence-electron chi connectivity index (χ4n) is 2.29. The Kier molecular flexibility index (Phi) is 8.42. The highest BCUT2D eigenvalue weighted by Gasteiger charge is 2.16. The van der Waals surface area contributed by atoms with Gasteiger partial charge in [-0.05, 0) is 49.2 Å². The van der Waals surface area contributed by atoms with Crippen molar-refractivity contribution < 1.29 is 23.8 Å². The first-order valence-corrected chi connectivity index (χ1v) is 9.59. The molecule has 2 amide bonds. The van der Waals surface area contributed by atoms with Crippen LogP contribution in [-0.2, 0) is 4.79 Å². The summed E-state index contributed by atoms with van der Waals surface area (Å²) in [6, 6.07) is 7.95. The summed E-state index contributed by atoms with van der Waals surface area (Å²) in [5, 5.41) is 0.838. The second kappa shape index (κ2) is 10.8. The molecule has 0 radical (unpaired) electrons. The van der Waals surface area contributed by atoms with E-state index in [0.717, 1.165) is 12.0 Å². The summed E-state index contributed by atoms with van der Waals surface area (Å²) in [5.74, 6) is 0.0783. The van der Waals surface area contributed by atoms with E-state index in [-0.39, 0.29) is 17.2 Å². The van der Waals surface area contributed by atoms with E-state index in [1.54, 1.807) is 18.2 Å². The molecule has 0 atom stereocenters. The SMILES string of the molecule is CCCOc1c(Cl)cc(C(=O)NNC(=O)COc2ccc(Cl)c(C)c2)cc1OC. The van der Waals surface area contributed by atoms with Crippen LogP contribution in [0.3, 0.4) is 0 Å². The van der Waals surface area contributed by atoms with E-state index in [0.29, 0.717) is 28.9 Å². The summed E-state index contributed by atoms with van der Waals surface area (Å²) in [4.78, 5) is 24.2. The van der Waals surface area contributed by atoms with E-state index in [9.17, 15) is 9.59 Å². The number of ether oxygens (including phenoxy) is 3. The van der Waals surface area contributed by atoms with Crippen LogP contribution in [0.15, 0.2) is 30.3 Å². The first kappa shape index (κ1) is 22.6. The number of hydrogen-bond acceptors (Lipinski definition) is 5. The van der Waals surface area contributed by atoms with Crippen LogP contribution in [-0.4, -0.2) is 32.1 Å². The molecule has 0 aromatic heterocycles. The zero-order chi connectivity index (χ0) is 21.4. The van der Waals surface area contributed by atoms with E-state index < -0.39 is 11.8 Å². The summed E-state index contributed by atoms with van der Waals surface area (Å²) >= 11 is 12.1. The van der Waals surface area contributed by atoms with Crippen LogP contribution in [0.5, 0.6) is 17.2 Å². The highest BCUT2D eigenvalue weighted by molar-refractivity contribution is 6.32. The van der Waals surface area contributed by atoms with Crippen molar-refractivity contribution in [3.05, 3.63) is 51.5 Å². The molecule has 2 aromatic rings. The van der Waals surface area contributed by atoms with Crippen LogP contribution < -0.4 is 25.1 Å². The van der Waals surface area contributed by atoms with Gasteiger partial charge in [0.1, 0.15) is 5.75 Å². The largest absolute Gasteiger partial charge is 0.493 e. The first-order valence-electron chi connectivity index (χ1n) is 8.84. The average molecular weight is 441 g/mol. The molecule has 0 saturated carbocycles. The molecule has 7 nitrogen and oxygen atoms in total. The predicted octanol–water partition coefficient (Wildman–Crippen LogP) is 3.94. The minimum Gasteiger partial charge on any atom is -0.493 e. The maximum Gasteiger partial charge on any atom is 0.276 e. The Bertz CT molecular complexity index is 889. The molecule has 0 fully saturated rings. The lowest BCUT2D eigenvalue weighted by atomic mass is 10.2. The van der Waals surface area contributed by atoms with Gasteiger partial charge >= 0.3 is 0 Å². The van der Waals surface area contributed by atoms with E-state index >= 15 is 0 Å². The maximum atomic E-state index is 12.3. The average Bonchev–Trinajstić information content (AvgIpc) is 2.71. The van der Waals surface area contributed by atoms with Gasteiger partial charge in [-0.15, -0.1) is 0 Å². The van der Waals surface area contributed by atoms with Crippen molar-refractivity contribution in [1.29, 1.82) is 0 Å². The number of halogens is 2. The maximum absolute atomic E-state index is 12.3. The Morgan fingerprint density at radius 1 is 1.03 bits per heavy atom. The van der Waals surface area contributed by atoms with Crippen molar-refractivity contribution in [2.24, 2.45) is 0 Å². The Morgan fingerprint density at radius 2 is 1.79 bits per heavy atom. The second-order valence-corrected chi connectivity index (χ2v) is 6.85. The third kappa shape index (κ3) is 6.44. The number of carbonyl (C=O) groups excluding carboxylic acids is 2. The topological polar surface area (TPSA) is 85.9 Å². The van der Waals surface area contributed by atoms with Gasteiger partial charge in [0.2, 0.25) is 0 Å². The van der Waals surface area contributed by atoms with Gasteiger partial charge < -0.3 is 14.2 Å². The lowest BCUT2D eigenvalue weighted by molar-refractivity contribution is -0.123. The number of hydrazine groups is 1. The molecule has 9 heteroatoms. The molecule has 0 saturated heterocycles. The summed E-state index contributed by atoms with van der Waals surface area (Å²) in [6.07, 6.45) is 0.797. The van der Waals surface area contributed by atoms with Crippen molar-refractivity contribution in [3.63, 3.8) is 0 Å². The zero-order valence-electron chi connectivity index (χ0n) is 16.3. The van der Waals surface area contributed by atoms with Gasteiger partial charge in [-0.2, -0.15) is 0 Å². The highest BCUT2D eigenvalue weighted by atomic mass is 35.5. The Morgan fingerprint density at radius 3 is 2.45 bits per heavy atom. The monoisotopic (exact) mass is 440 g/mol. The van der Waals surface area contributed by atoms with Crippen LogP contribution in [0.25, 0.3) is 0 Å². The fourth-order valence-corrected chi connectivity index (χ4v) is 2.67. The molecule has 0 heterocycles. The van der Waals surface area contributed by atoms with Crippen LogP contribution in [0.1, 0.15) is 29.3 Å². The molecule has 2 N–H and O–H groups in total. The quantitative estimate of drug-likeness (QED) is 0.607. The summed E-state index contributed by atoms with van der Waals surface area (Å²) < 4.78 is 16.2. The van der Waals surface area contributed by atoms with E-state index in [4.69, 9.17) is 37.4 Å². The third-order valence-electron chi connectivity index (χ3n) is 3.76. The highest BCUT2D eigenvalue weighted by Crippen LogP contribution is 2.36. The fraction of sp³-hybridized carbons (Fsp3) is 0.300. The van der Waals surface area contributed by atoms with Crippen LogP contribution in [0, 0.1) is 6.92 Å². The summed E-state index contributed by atoms with van der Waals surface area (Å²) in [5.41, 5.74) is 5.61. The number of rotatable bonds is 8. The van der Waals surface area contributed by atoms with Crippen molar-refractivity contribution >= 4 is 35.0 Å². The van der Waals surface area contributed by atoms with Gasteiger partial charge in [-0.1, -0.05) is 30.1 Å². The van der Waals surface area contributed by atoms with Gasteiger partial charge in [0.25, 0.3) is 11.8 Å². The van der Waals surface area contributed by atoms with E-state index in [2.05, 4.69) is 10.9 Å². The second-order valence-electron chi connectivity index (χ2n) is 6.04. The van der Waals surface area contributed by atoms with Gasteiger partial charge in [0.15, 0.2) is 18.1 Å². The standard InChI is InChI=1S/C20H22Cl2N2O5/c1-4-7-28-19-16(22)9-13(10-17(19)27-3)20(26)24-23-18(25)11-29-14-5-6-15(21)12(2)8-14/h5-6,8-10H,4,7,11H2,1-3H3,(H,23,25)(H,24,26). The third-order valence-corrected chi connectivity index (χ3v) is 4.46. The first-order chi connectivity index (χ1) is 13.8. The molecule has 0 aliphatic carbocycles. The number of amides is 2. The number of aryl methyl sites for hydroxylation is 1. The van der Waals surface area contributed by atoms with Gasteiger partial charge in [0.05, 0.1) is 18.7 Å². The molecule has 156 valence electrons. The smallest absolute Gasteiger partial charge is 0.276 e. The molecule has 0 unspecified atom stereocenters. The van der Waals surface area contributed by atoms with Gasteiger partial charge in [0, 0.05) is 10.6 Å². The predicted molar refractivity (Wildman–Crippen MR) is 111 cm³/mol. The summed E-state index contributed by atoms with van der Waals surface area (Å²) in [6.45, 7) is 3.97. The molecule has 0 spiro atoms. The van der Waals surface area contributed by atoms with Crippen LogP contribution in [0.2, 0.25) is 10.0 Å². The minimum absolute atomic E-state index is 0.199. The van der Waals surface area contributed by atoms with Crippen molar-refractivity contribution in [1.82, 2.24) is 10.9 Å². The van der Waals surface area contributed by atoms with Gasteiger partial charge in [-0.3, -0.25) is 20.4 Å².